The van der Waals surface area contributed by atoms with Gasteiger partial charge in [0.1, 0.15) is 37.1 Å². The Morgan fingerprint density at radius 1 is 1.20 bits per heavy atom. The average Bonchev–Trinajstić information content (AvgIpc) is 2.37. The van der Waals surface area contributed by atoms with Gasteiger partial charge >= 0.3 is 5.97 Å². The molecule has 0 radical (unpaired) electrons. The smallest absolute Gasteiger partial charge is 0.328 e. The van der Waals surface area contributed by atoms with Crippen LogP contribution in [-0.2, 0) is 19.1 Å². The predicted octanol–water partition coefficient (Wildman–Crippen LogP) is -3.15. The summed E-state index contributed by atoms with van der Waals surface area (Å²) in [7, 11) is 0. The Hall–Kier alpha value is -1.26. The number of carbonyl (C=O) groups is 2. The maximum absolute atomic E-state index is 11.5. The number of rotatable bonds is 4. The van der Waals surface area contributed by atoms with E-state index in [0.29, 0.717) is 0 Å². The van der Waals surface area contributed by atoms with Crippen molar-refractivity contribution >= 4 is 11.9 Å². The zero-order valence-electron chi connectivity index (χ0n) is 11.1. The summed E-state index contributed by atoms with van der Waals surface area (Å²) in [6.07, 6.45) is -7.65. The molecule has 0 aromatic carbocycles. The van der Waals surface area contributed by atoms with Crippen LogP contribution in [0.3, 0.4) is 0 Å². The lowest BCUT2D eigenvalue weighted by Gasteiger charge is -2.37. The number of aliphatic hydroxyl groups excluding tert-OH is 4. The molecule has 20 heavy (non-hydrogen) atoms. The molecule has 9 heteroatoms. The van der Waals surface area contributed by atoms with E-state index in [-0.39, 0.29) is 0 Å². The second-order valence-corrected chi connectivity index (χ2v) is 4.59. The van der Waals surface area contributed by atoms with Crippen LogP contribution in [0.25, 0.3) is 0 Å². The van der Waals surface area contributed by atoms with E-state index >= 15 is 0 Å². The first-order valence-electron chi connectivity index (χ1n) is 6.05. The van der Waals surface area contributed by atoms with Crippen LogP contribution in [0.4, 0.5) is 0 Å². The van der Waals surface area contributed by atoms with Crippen molar-refractivity contribution in [3.8, 4) is 0 Å². The highest BCUT2D eigenvalue weighted by molar-refractivity contribution is 5.82. The third-order valence-electron chi connectivity index (χ3n) is 2.85. The highest BCUT2D eigenvalue weighted by Crippen LogP contribution is 2.20. The number of aliphatic hydroxyl groups is 4. The highest BCUT2D eigenvalue weighted by atomic mass is 16.6. The second-order valence-electron chi connectivity index (χ2n) is 4.59. The molecule has 1 aliphatic heterocycles. The third-order valence-corrected chi connectivity index (χ3v) is 2.85. The maximum Gasteiger partial charge on any atom is 0.328 e. The van der Waals surface area contributed by atoms with Crippen LogP contribution in [0.5, 0.6) is 0 Å². The van der Waals surface area contributed by atoms with Crippen molar-refractivity contribution in [3.05, 3.63) is 0 Å². The van der Waals surface area contributed by atoms with Crippen LogP contribution in [-0.4, -0.2) is 75.7 Å². The molecule has 0 aliphatic carbocycles. The van der Waals surface area contributed by atoms with Crippen molar-refractivity contribution < 1.29 is 39.5 Å². The zero-order chi connectivity index (χ0) is 15.4. The highest BCUT2D eigenvalue weighted by Gasteiger charge is 2.43. The van der Waals surface area contributed by atoms with Gasteiger partial charge in [-0.05, 0) is 6.92 Å². The molecule has 1 saturated heterocycles. The topological polar surface area (TPSA) is 146 Å². The molecular weight excluding hydrogens is 274 g/mol. The molecule has 0 aromatic rings. The molecule has 0 bridgehead atoms. The minimum Gasteiger partial charge on any atom is -0.461 e. The SMILES string of the molecule is CC(=O)N[C@@H](C)C(=O)OC[C@H]1OC(O)[C@H](O)[C@@H](O)[C@H]1O. The largest absolute Gasteiger partial charge is 0.461 e. The molecule has 1 aliphatic rings. The lowest BCUT2D eigenvalue weighted by Crippen LogP contribution is -2.58. The van der Waals surface area contributed by atoms with Crippen molar-refractivity contribution in [2.24, 2.45) is 0 Å². The predicted molar refractivity (Wildman–Crippen MR) is 63.1 cm³/mol. The number of nitrogens with one attached hydrogen (secondary N) is 1. The van der Waals surface area contributed by atoms with Gasteiger partial charge in [-0.2, -0.15) is 0 Å². The molecular formula is C11H19NO8. The van der Waals surface area contributed by atoms with Gasteiger partial charge in [-0.1, -0.05) is 0 Å². The summed E-state index contributed by atoms with van der Waals surface area (Å²) in [5.41, 5.74) is 0. The standard InChI is InChI=1S/C11H19NO8/c1-4(12-5(2)13)10(17)19-3-6-7(14)8(15)9(16)11(18)20-6/h4,6-9,11,14-16,18H,3H2,1-2H3,(H,12,13)/t4-,6+,7-,8-,9+,11?/m0/s1. The van der Waals surface area contributed by atoms with Crippen LogP contribution in [0, 0.1) is 0 Å². The molecule has 1 unspecified atom stereocenters. The summed E-state index contributed by atoms with van der Waals surface area (Å²) in [5.74, 6) is -1.16. The van der Waals surface area contributed by atoms with Gasteiger partial charge in [-0.3, -0.25) is 4.79 Å². The Kier molecular flexibility index (Phi) is 5.84. The average molecular weight is 293 g/mol. The normalized spacial score (nSPS) is 35.2. The number of esters is 1. The fourth-order valence-corrected chi connectivity index (χ4v) is 1.72. The van der Waals surface area contributed by atoms with E-state index < -0.39 is 55.2 Å². The van der Waals surface area contributed by atoms with Crippen molar-refractivity contribution in [1.82, 2.24) is 5.32 Å². The molecule has 9 nitrogen and oxygen atoms in total. The van der Waals surface area contributed by atoms with Gasteiger partial charge in [0.25, 0.3) is 0 Å². The summed E-state index contributed by atoms with van der Waals surface area (Å²) in [4.78, 5) is 22.3. The van der Waals surface area contributed by atoms with Crippen LogP contribution >= 0.6 is 0 Å². The molecule has 1 heterocycles. The maximum atomic E-state index is 11.5. The monoisotopic (exact) mass is 293 g/mol. The van der Waals surface area contributed by atoms with Crippen molar-refractivity contribution in [2.45, 2.75) is 50.6 Å². The Labute approximate surface area is 115 Å². The van der Waals surface area contributed by atoms with Gasteiger partial charge in [-0.25, -0.2) is 4.79 Å². The summed E-state index contributed by atoms with van der Waals surface area (Å²) >= 11 is 0. The Morgan fingerprint density at radius 3 is 2.35 bits per heavy atom. The lowest BCUT2D eigenvalue weighted by molar-refractivity contribution is -0.287. The fraction of sp³-hybridized carbons (Fsp3) is 0.818. The Balaban J connectivity index is 2.48. The van der Waals surface area contributed by atoms with Crippen molar-refractivity contribution in [3.63, 3.8) is 0 Å². The van der Waals surface area contributed by atoms with E-state index in [1.165, 1.54) is 13.8 Å². The zero-order valence-corrected chi connectivity index (χ0v) is 11.1. The molecule has 116 valence electrons. The van der Waals surface area contributed by atoms with Crippen molar-refractivity contribution in [2.75, 3.05) is 6.61 Å². The fourth-order valence-electron chi connectivity index (χ4n) is 1.72. The first-order chi connectivity index (χ1) is 9.23. The minimum atomic E-state index is -1.69. The number of carbonyl (C=O) groups excluding carboxylic acids is 2. The van der Waals surface area contributed by atoms with Gasteiger partial charge in [0.2, 0.25) is 5.91 Å². The van der Waals surface area contributed by atoms with E-state index in [9.17, 15) is 30.0 Å². The van der Waals surface area contributed by atoms with E-state index in [2.05, 4.69) is 5.32 Å². The first kappa shape index (κ1) is 16.8. The molecule has 0 spiro atoms. The van der Waals surface area contributed by atoms with Crippen LogP contribution in [0.1, 0.15) is 13.8 Å². The lowest BCUT2D eigenvalue weighted by atomic mass is 9.99. The summed E-state index contributed by atoms with van der Waals surface area (Å²) in [5, 5.41) is 39.9. The first-order valence-corrected chi connectivity index (χ1v) is 6.05. The summed E-state index contributed by atoms with van der Waals surface area (Å²) in [6.45, 7) is 2.21. The van der Waals surface area contributed by atoms with Crippen LogP contribution in [0.2, 0.25) is 0 Å². The van der Waals surface area contributed by atoms with Crippen LogP contribution < -0.4 is 5.32 Å². The Bertz CT molecular complexity index is 362. The Morgan fingerprint density at radius 2 is 1.80 bits per heavy atom. The molecule has 6 atom stereocenters. The van der Waals surface area contributed by atoms with E-state index in [1.54, 1.807) is 0 Å². The molecule has 5 N–H and O–H groups in total. The molecule has 1 fully saturated rings. The third kappa shape index (κ3) is 4.12. The molecule has 1 amide bonds. The number of amides is 1. The number of hydrogen-bond donors (Lipinski definition) is 5. The van der Waals surface area contributed by atoms with Gasteiger partial charge in [0.05, 0.1) is 0 Å². The quantitative estimate of drug-likeness (QED) is 0.342. The van der Waals surface area contributed by atoms with Gasteiger partial charge in [0, 0.05) is 6.92 Å². The molecule has 0 aromatic heterocycles. The minimum absolute atomic E-state index is 0.405. The second kappa shape index (κ2) is 6.95. The van der Waals surface area contributed by atoms with Gasteiger partial charge < -0.3 is 35.2 Å². The van der Waals surface area contributed by atoms with Crippen LogP contribution in [0.15, 0.2) is 0 Å². The number of hydrogen-bond acceptors (Lipinski definition) is 8. The van der Waals surface area contributed by atoms with E-state index in [0.717, 1.165) is 0 Å². The summed E-state index contributed by atoms with van der Waals surface area (Å²) < 4.78 is 9.63. The van der Waals surface area contributed by atoms with Gasteiger partial charge in [0.15, 0.2) is 6.29 Å². The number of ether oxygens (including phenoxy) is 2. The summed E-state index contributed by atoms with van der Waals surface area (Å²) in [6, 6.07) is -0.881. The van der Waals surface area contributed by atoms with Crippen molar-refractivity contribution in [1.29, 1.82) is 0 Å². The van der Waals surface area contributed by atoms with Gasteiger partial charge in [-0.15, -0.1) is 0 Å². The van der Waals surface area contributed by atoms with E-state index in [1.807, 2.05) is 0 Å². The molecule has 1 rings (SSSR count). The molecule has 0 saturated carbocycles. The van der Waals surface area contributed by atoms with E-state index in [4.69, 9.17) is 9.47 Å².